The highest BCUT2D eigenvalue weighted by Gasteiger charge is 2.06. The van der Waals surface area contributed by atoms with Crippen molar-refractivity contribution in [2.24, 2.45) is 0 Å². The molecule has 2 rings (SSSR count). The molecule has 0 saturated carbocycles. The highest BCUT2D eigenvalue weighted by Crippen LogP contribution is 2.28. The van der Waals surface area contributed by atoms with Gasteiger partial charge in [0.2, 0.25) is 0 Å². The van der Waals surface area contributed by atoms with Gasteiger partial charge in [-0.05, 0) is 36.6 Å². The van der Waals surface area contributed by atoms with Gasteiger partial charge < -0.3 is 0 Å². The lowest BCUT2D eigenvalue weighted by molar-refractivity contribution is 0.793. The van der Waals surface area contributed by atoms with Crippen molar-refractivity contribution in [3.63, 3.8) is 0 Å². The molecular weight excluding hydrogens is 286 g/mol. The fraction of sp³-hybridized carbons (Fsp3) is 0.308. The molecule has 0 aliphatic carbocycles. The molecule has 0 spiro atoms. The fourth-order valence-corrected chi connectivity index (χ4v) is 2.37. The van der Waals surface area contributed by atoms with Crippen LogP contribution < -0.4 is 0 Å². The third kappa shape index (κ3) is 2.38. The maximum Gasteiger partial charge on any atom is 0.0717 e. The molecule has 1 heterocycles. The number of benzene rings is 1. The second-order valence-electron chi connectivity index (χ2n) is 3.86. The van der Waals surface area contributed by atoms with E-state index in [1.54, 1.807) is 0 Å². The number of aryl methyl sites for hydroxylation is 1. The second-order valence-corrected chi connectivity index (χ2v) is 5.16. The van der Waals surface area contributed by atoms with Gasteiger partial charge in [-0.1, -0.05) is 40.9 Å². The van der Waals surface area contributed by atoms with E-state index in [0.29, 0.717) is 0 Å². The largest absolute Gasteiger partial charge is 0.256 e. The summed E-state index contributed by atoms with van der Waals surface area (Å²) in [4.78, 5) is 4.43. The van der Waals surface area contributed by atoms with Crippen LogP contribution in [0.15, 0.2) is 28.9 Å². The Labute approximate surface area is 109 Å². The lowest BCUT2D eigenvalue weighted by Crippen LogP contribution is -1.90. The summed E-state index contributed by atoms with van der Waals surface area (Å²) < 4.78 is 1.04. The van der Waals surface area contributed by atoms with E-state index in [-0.39, 0.29) is 0 Å². The molecule has 0 N–H and O–H groups in total. The molecule has 84 valence electrons. The molecule has 2 aromatic rings. The van der Waals surface area contributed by atoms with Gasteiger partial charge in [-0.3, -0.25) is 4.98 Å². The topological polar surface area (TPSA) is 12.9 Å². The number of nitrogens with zero attached hydrogens (tertiary/aromatic N) is 1. The third-order valence-electron chi connectivity index (χ3n) is 2.64. The summed E-state index contributed by atoms with van der Waals surface area (Å²) in [5.41, 5.74) is 2.10. The summed E-state index contributed by atoms with van der Waals surface area (Å²) in [5, 5.41) is 1.88. The number of aromatic nitrogens is 1. The quantitative estimate of drug-likeness (QED) is 0.777. The number of hydrogen-bond donors (Lipinski definition) is 0. The molecule has 16 heavy (non-hydrogen) atoms. The Balaban J connectivity index is 2.50. The molecule has 0 aliphatic heterocycles. The highest BCUT2D eigenvalue weighted by molar-refractivity contribution is 9.10. The smallest absolute Gasteiger partial charge is 0.0717 e. The Bertz CT molecular complexity index is 511. The minimum atomic E-state index is 0.847. The minimum absolute atomic E-state index is 0.847. The number of fused-ring (bicyclic) bond motifs is 1. The third-order valence-corrected chi connectivity index (χ3v) is 3.58. The number of hydrogen-bond acceptors (Lipinski definition) is 1. The van der Waals surface area contributed by atoms with Crippen LogP contribution in [0.2, 0.25) is 5.02 Å². The number of unbranched alkanes of at least 4 members (excludes halogenated alkanes) is 1. The Kier molecular flexibility index (Phi) is 3.82. The lowest BCUT2D eigenvalue weighted by atomic mass is 10.1. The van der Waals surface area contributed by atoms with Gasteiger partial charge in [-0.2, -0.15) is 0 Å². The van der Waals surface area contributed by atoms with Crippen LogP contribution in [0.1, 0.15) is 25.3 Å². The summed E-state index contributed by atoms with van der Waals surface area (Å²) in [6.45, 7) is 2.18. The zero-order valence-corrected chi connectivity index (χ0v) is 11.5. The van der Waals surface area contributed by atoms with E-state index in [0.717, 1.165) is 38.8 Å². The first-order chi connectivity index (χ1) is 7.72. The van der Waals surface area contributed by atoms with Crippen molar-refractivity contribution in [2.45, 2.75) is 26.2 Å². The standard InChI is InChI=1S/C13H13BrClN/c1-2-3-4-9-8-16-12-6-5-10(14)7-11(12)13(9)15/h5-8H,2-4H2,1H3. The summed E-state index contributed by atoms with van der Waals surface area (Å²) in [6, 6.07) is 5.99. The Morgan fingerprint density at radius 1 is 1.38 bits per heavy atom. The first-order valence-electron chi connectivity index (χ1n) is 5.45. The fourth-order valence-electron chi connectivity index (χ4n) is 1.72. The van der Waals surface area contributed by atoms with Crippen LogP contribution in [0.5, 0.6) is 0 Å². The van der Waals surface area contributed by atoms with Crippen LogP contribution in [0, 0.1) is 0 Å². The molecule has 0 fully saturated rings. The molecule has 0 atom stereocenters. The Hall–Kier alpha value is -0.600. The van der Waals surface area contributed by atoms with Crippen molar-refractivity contribution in [1.29, 1.82) is 0 Å². The van der Waals surface area contributed by atoms with Gasteiger partial charge >= 0.3 is 0 Å². The van der Waals surface area contributed by atoms with Crippen LogP contribution in [0.3, 0.4) is 0 Å². The van der Waals surface area contributed by atoms with Crippen LogP contribution in [0.25, 0.3) is 10.9 Å². The average Bonchev–Trinajstić information content (AvgIpc) is 2.29. The molecule has 1 nitrogen and oxygen atoms in total. The predicted molar refractivity (Wildman–Crippen MR) is 73.1 cm³/mol. The van der Waals surface area contributed by atoms with Gasteiger partial charge in [0.05, 0.1) is 10.5 Å². The van der Waals surface area contributed by atoms with Gasteiger partial charge in [-0.15, -0.1) is 0 Å². The molecule has 0 radical (unpaired) electrons. The SMILES string of the molecule is CCCCc1cnc2ccc(Br)cc2c1Cl. The van der Waals surface area contributed by atoms with Crippen molar-refractivity contribution in [3.05, 3.63) is 39.5 Å². The summed E-state index contributed by atoms with van der Waals surface area (Å²) >= 11 is 9.85. The van der Waals surface area contributed by atoms with E-state index >= 15 is 0 Å². The van der Waals surface area contributed by atoms with Crippen molar-refractivity contribution in [1.82, 2.24) is 4.98 Å². The van der Waals surface area contributed by atoms with E-state index in [1.807, 2.05) is 24.4 Å². The minimum Gasteiger partial charge on any atom is -0.256 e. The van der Waals surface area contributed by atoms with Crippen LogP contribution in [-0.4, -0.2) is 4.98 Å². The van der Waals surface area contributed by atoms with E-state index in [4.69, 9.17) is 11.6 Å². The van der Waals surface area contributed by atoms with Gasteiger partial charge in [-0.25, -0.2) is 0 Å². The van der Waals surface area contributed by atoms with Crippen LogP contribution in [0.4, 0.5) is 0 Å². The predicted octanol–water partition coefficient (Wildman–Crippen LogP) is 4.99. The zero-order valence-electron chi connectivity index (χ0n) is 9.13. The molecule has 0 bridgehead atoms. The molecule has 0 aliphatic rings. The van der Waals surface area contributed by atoms with Crippen molar-refractivity contribution < 1.29 is 0 Å². The van der Waals surface area contributed by atoms with E-state index in [9.17, 15) is 0 Å². The summed E-state index contributed by atoms with van der Waals surface area (Å²) in [7, 11) is 0. The number of halogens is 2. The zero-order chi connectivity index (χ0) is 11.5. The summed E-state index contributed by atoms with van der Waals surface area (Å²) in [5.74, 6) is 0. The molecule has 1 aromatic heterocycles. The van der Waals surface area contributed by atoms with Crippen molar-refractivity contribution in [3.8, 4) is 0 Å². The van der Waals surface area contributed by atoms with Crippen molar-refractivity contribution in [2.75, 3.05) is 0 Å². The van der Waals surface area contributed by atoms with E-state index < -0.39 is 0 Å². The molecule has 3 heteroatoms. The molecular formula is C13H13BrClN. The molecule has 0 amide bonds. The van der Waals surface area contributed by atoms with Crippen LogP contribution >= 0.6 is 27.5 Å². The normalized spacial score (nSPS) is 10.9. The lowest BCUT2D eigenvalue weighted by Gasteiger charge is -2.06. The maximum atomic E-state index is 6.39. The van der Waals surface area contributed by atoms with Crippen molar-refractivity contribution >= 4 is 38.4 Å². The molecule has 1 aromatic carbocycles. The van der Waals surface area contributed by atoms with Gasteiger partial charge in [0.15, 0.2) is 0 Å². The molecule has 0 saturated heterocycles. The number of pyridine rings is 1. The first kappa shape index (κ1) is 11.9. The second kappa shape index (κ2) is 5.15. The highest BCUT2D eigenvalue weighted by atomic mass is 79.9. The Morgan fingerprint density at radius 3 is 2.94 bits per heavy atom. The average molecular weight is 299 g/mol. The summed E-state index contributed by atoms with van der Waals surface area (Å²) in [6.07, 6.45) is 5.23. The monoisotopic (exact) mass is 297 g/mol. The van der Waals surface area contributed by atoms with Gasteiger partial charge in [0.1, 0.15) is 0 Å². The van der Waals surface area contributed by atoms with E-state index in [1.165, 1.54) is 6.42 Å². The number of rotatable bonds is 3. The Morgan fingerprint density at radius 2 is 2.19 bits per heavy atom. The van der Waals surface area contributed by atoms with Gasteiger partial charge in [0.25, 0.3) is 0 Å². The van der Waals surface area contributed by atoms with Crippen LogP contribution in [-0.2, 0) is 6.42 Å². The van der Waals surface area contributed by atoms with E-state index in [2.05, 4.69) is 27.8 Å². The molecule has 0 unspecified atom stereocenters. The first-order valence-corrected chi connectivity index (χ1v) is 6.62. The maximum absolute atomic E-state index is 6.39. The van der Waals surface area contributed by atoms with Gasteiger partial charge in [0, 0.05) is 16.1 Å².